The number of rotatable bonds is 7. The minimum absolute atomic E-state index is 0.143. The van der Waals surface area contributed by atoms with Crippen LogP contribution in [0.4, 0.5) is 10.5 Å². The molecule has 3 aromatic carbocycles. The number of amides is 4. The maximum Gasteiger partial charge on any atom is 0.335 e. The normalized spacial score (nSPS) is 14.8. The maximum absolute atomic E-state index is 13.0. The van der Waals surface area contributed by atoms with Gasteiger partial charge >= 0.3 is 6.03 Å². The molecule has 3 aromatic rings. The molecule has 4 amide bonds. The van der Waals surface area contributed by atoms with Crippen molar-refractivity contribution in [3.63, 3.8) is 0 Å². The van der Waals surface area contributed by atoms with Crippen molar-refractivity contribution in [2.75, 3.05) is 11.5 Å². The van der Waals surface area contributed by atoms with Gasteiger partial charge in [-0.25, -0.2) is 9.69 Å². The second kappa shape index (κ2) is 10.4. The van der Waals surface area contributed by atoms with Gasteiger partial charge in [0.25, 0.3) is 11.8 Å². The monoisotopic (exact) mass is 520 g/mol. The molecule has 4 rings (SSSR count). The molecule has 0 aliphatic carbocycles. The summed E-state index contributed by atoms with van der Waals surface area (Å²) in [6, 6.07) is 20.5. The van der Waals surface area contributed by atoms with Gasteiger partial charge in [0.1, 0.15) is 23.7 Å². The minimum Gasteiger partial charge on any atom is -0.494 e. The van der Waals surface area contributed by atoms with E-state index in [0.717, 1.165) is 14.9 Å². The Morgan fingerprint density at radius 3 is 2.21 bits per heavy atom. The van der Waals surface area contributed by atoms with Crippen molar-refractivity contribution >= 4 is 45.5 Å². The number of hydrogen-bond donors (Lipinski definition) is 1. The number of carbonyl (C=O) groups excluding carboxylic acids is 3. The van der Waals surface area contributed by atoms with E-state index < -0.39 is 17.8 Å². The number of ether oxygens (including phenoxy) is 2. The number of nitrogens with zero attached hydrogens (tertiary/aromatic N) is 1. The molecule has 1 N–H and O–H groups in total. The number of urea groups is 1. The predicted octanol–water partition coefficient (Wildman–Crippen LogP) is 5.09. The smallest absolute Gasteiger partial charge is 0.335 e. The van der Waals surface area contributed by atoms with E-state index in [-0.39, 0.29) is 5.57 Å². The van der Waals surface area contributed by atoms with E-state index in [1.165, 1.54) is 6.08 Å². The van der Waals surface area contributed by atoms with Crippen LogP contribution in [0.3, 0.4) is 0 Å². The molecule has 0 bridgehead atoms. The summed E-state index contributed by atoms with van der Waals surface area (Å²) in [5, 5.41) is 2.22. The first-order valence-electron chi connectivity index (χ1n) is 10.6. The average Bonchev–Trinajstić information content (AvgIpc) is 2.83. The van der Waals surface area contributed by atoms with Gasteiger partial charge in [-0.15, -0.1) is 0 Å². The molecule has 1 fully saturated rings. The van der Waals surface area contributed by atoms with Crippen molar-refractivity contribution in [2.24, 2.45) is 0 Å². The van der Waals surface area contributed by atoms with Crippen LogP contribution >= 0.6 is 15.9 Å². The zero-order valence-corrected chi connectivity index (χ0v) is 19.9. The summed E-state index contributed by atoms with van der Waals surface area (Å²) in [5.41, 5.74) is 1.82. The quantitative estimate of drug-likeness (QED) is 0.346. The first kappa shape index (κ1) is 23.3. The number of nitrogens with one attached hydrogen (secondary N) is 1. The van der Waals surface area contributed by atoms with E-state index in [4.69, 9.17) is 9.47 Å². The van der Waals surface area contributed by atoms with Gasteiger partial charge in [0.05, 0.1) is 12.3 Å². The second-order valence-corrected chi connectivity index (χ2v) is 8.19. The Morgan fingerprint density at radius 2 is 1.53 bits per heavy atom. The molecule has 34 heavy (non-hydrogen) atoms. The zero-order chi connectivity index (χ0) is 24.1. The lowest BCUT2D eigenvalue weighted by molar-refractivity contribution is -0.122. The fourth-order valence-electron chi connectivity index (χ4n) is 3.35. The average molecular weight is 521 g/mol. The molecule has 0 atom stereocenters. The van der Waals surface area contributed by atoms with Crippen molar-refractivity contribution in [1.29, 1.82) is 0 Å². The van der Waals surface area contributed by atoms with E-state index in [1.54, 1.807) is 48.5 Å². The Hall–Kier alpha value is -3.91. The number of imide groups is 2. The van der Waals surface area contributed by atoms with Gasteiger partial charge in [-0.1, -0.05) is 46.3 Å². The molecule has 1 saturated heterocycles. The molecule has 7 nitrogen and oxygen atoms in total. The van der Waals surface area contributed by atoms with Crippen LogP contribution in [0.2, 0.25) is 0 Å². The predicted molar refractivity (Wildman–Crippen MR) is 132 cm³/mol. The lowest BCUT2D eigenvalue weighted by atomic mass is 10.1. The van der Waals surface area contributed by atoms with Gasteiger partial charge in [0.2, 0.25) is 0 Å². The highest BCUT2D eigenvalue weighted by Gasteiger charge is 2.36. The van der Waals surface area contributed by atoms with E-state index >= 15 is 0 Å². The number of hydrogen-bond acceptors (Lipinski definition) is 5. The third-order valence-electron chi connectivity index (χ3n) is 5.05. The van der Waals surface area contributed by atoms with Crippen LogP contribution < -0.4 is 19.7 Å². The van der Waals surface area contributed by atoms with Crippen molar-refractivity contribution < 1.29 is 23.9 Å². The van der Waals surface area contributed by atoms with Crippen LogP contribution in [0.1, 0.15) is 18.1 Å². The van der Waals surface area contributed by atoms with Gasteiger partial charge in [-0.05, 0) is 61.0 Å². The molecule has 1 heterocycles. The van der Waals surface area contributed by atoms with Crippen molar-refractivity contribution in [3.8, 4) is 11.5 Å². The molecule has 1 aliphatic heterocycles. The SMILES string of the molecule is CCOc1ccc(N2C(=O)NC(=O)/C(=C\c3ccc(OCc4ccccc4Br)cc3)C2=O)cc1. The number of halogens is 1. The van der Waals surface area contributed by atoms with Gasteiger partial charge in [-0.3, -0.25) is 14.9 Å². The molecule has 0 saturated carbocycles. The molecule has 0 aromatic heterocycles. The van der Waals surface area contributed by atoms with Gasteiger partial charge < -0.3 is 9.47 Å². The van der Waals surface area contributed by atoms with Crippen LogP contribution in [0.15, 0.2) is 82.8 Å². The molecule has 1 aliphatic rings. The molecule has 0 unspecified atom stereocenters. The Labute approximate surface area is 205 Å². The fraction of sp³-hybridized carbons (Fsp3) is 0.115. The first-order valence-corrected chi connectivity index (χ1v) is 11.4. The fourth-order valence-corrected chi connectivity index (χ4v) is 3.75. The Bertz CT molecular complexity index is 1250. The molecule has 0 spiro atoms. The molecular formula is C26H21BrN2O5. The lowest BCUT2D eigenvalue weighted by Crippen LogP contribution is -2.54. The maximum atomic E-state index is 13.0. The second-order valence-electron chi connectivity index (χ2n) is 7.33. The third-order valence-corrected chi connectivity index (χ3v) is 5.82. The van der Waals surface area contributed by atoms with Crippen LogP contribution in [-0.2, 0) is 16.2 Å². The number of barbiturate groups is 1. The Kier molecular flexibility index (Phi) is 7.08. The molecular weight excluding hydrogens is 500 g/mol. The zero-order valence-electron chi connectivity index (χ0n) is 18.3. The van der Waals surface area contributed by atoms with Crippen LogP contribution in [0, 0.1) is 0 Å². The number of anilines is 1. The first-order chi connectivity index (χ1) is 16.5. The summed E-state index contributed by atoms with van der Waals surface area (Å²) in [6.45, 7) is 2.75. The van der Waals surface area contributed by atoms with Gasteiger partial charge in [0.15, 0.2) is 0 Å². The van der Waals surface area contributed by atoms with Crippen molar-refractivity contribution in [2.45, 2.75) is 13.5 Å². The van der Waals surface area contributed by atoms with Crippen LogP contribution in [0.5, 0.6) is 11.5 Å². The van der Waals surface area contributed by atoms with E-state index in [9.17, 15) is 14.4 Å². The lowest BCUT2D eigenvalue weighted by Gasteiger charge is -2.26. The van der Waals surface area contributed by atoms with Crippen molar-refractivity contribution in [1.82, 2.24) is 5.32 Å². The van der Waals surface area contributed by atoms with Gasteiger partial charge in [-0.2, -0.15) is 0 Å². The van der Waals surface area contributed by atoms with E-state index in [2.05, 4.69) is 21.2 Å². The van der Waals surface area contributed by atoms with Gasteiger partial charge in [0, 0.05) is 10.0 Å². The summed E-state index contributed by atoms with van der Waals surface area (Å²) in [5.74, 6) is -0.188. The molecule has 0 radical (unpaired) electrons. The topological polar surface area (TPSA) is 84.9 Å². The highest BCUT2D eigenvalue weighted by atomic mass is 79.9. The summed E-state index contributed by atoms with van der Waals surface area (Å²) in [7, 11) is 0. The van der Waals surface area contributed by atoms with E-state index in [0.29, 0.717) is 36.0 Å². The van der Waals surface area contributed by atoms with Crippen LogP contribution in [-0.4, -0.2) is 24.5 Å². The van der Waals surface area contributed by atoms with Crippen LogP contribution in [0.25, 0.3) is 6.08 Å². The highest BCUT2D eigenvalue weighted by Crippen LogP contribution is 2.25. The highest BCUT2D eigenvalue weighted by molar-refractivity contribution is 9.10. The number of benzene rings is 3. The largest absolute Gasteiger partial charge is 0.494 e. The number of carbonyl (C=O) groups is 3. The minimum atomic E-state index is -0.799. The summed E-state index contributed by atoms with van der Waals surface area (Å²) >= 11 is 3.49. The molecule has 8 heteroatoms. The summed E-state index contributed by atoms with van der Waals surface area (Å²) < 4.78 is 12.2. The summed E-state index contributed by atoms with van der Waals surface area (Å²) in [6.07, 6.45) is 1.45. The summed E-state index contributed by atoms with van der Waals surface area (Å²) in [4.78, 5) is 38.7. The standard InChI is InChI=1S/C26H21BrN2O5/c1-2-33-20-13-9-19(10-14-20)29-25(31)22(24(30)28-26(29)32)15-17-7-11-21(12-8-17)34-16-18-5-3-4-6-23(18)27/h3-15H,2,16H2,1H3,(H,28,30,32)/b22-15+. The molecule has 172 valence electrons. The van der Waals surface area contributed by atoms with E-state index in [1.807, 2.05) is 31.2 Å². The Balaban J connectivity index is 1.50. The third kappa shape index (κ3) is 5.18. The van der Waals surface area contributed by atoms with Crippen molar-refractivity contribution in [3.05, 3.63) is 94.0 Å². The Morgan fingerprint density at radius 1 is 0.882 bits per heavy atom.